The van der Waals surface area contributed by atoms with Crippen LogP contribution in [0.4, 0.5) is 0 Å². The molecule has 71 heavy (non-hydrogen) atoms. The average molecular weight is 1000 g/mol. The first-order chi connectivity index (χ1) is 35.2. The molecule has 0 aromatic carbocycles. The summed E-state index contributed by atoms with van der Waals surface area (Å²) in [6, 6.07) is -0.534. The van der Waals surface area contributed by atoms with Crippen molar-refractivity contribution in [3.05, 3.63) is 12.2 Å². The largest absolute Gasteiger partial charge is 0.394 e. The van der Waals surface area contributed by atoms with E-state index in [1.165, 1.54) is 340 Å². The SMILES string of the molecule is CCCCCCCCCCCCCCCCCCCC/C=C\CCCCCCCCCCCCCCCCCCCC(=O)NC(CO)C(O)CCCCCCCCCCCCCCCCCCCCCC. The molecule has 4 nitrogen and oxygen atoms in total. The van der Waals surface area contributed by atoms with Crippen LogP contribution in [0.15, 0.2) is 12.2 Å². The monoisotopic (exact) mass is 1000 g/mol. The molecule has 0 aliphatic rings. The summed E-state index contributed by atoms with van der Waals surface area (Å²) in [6.45, 7) is 4.41. The number of amides is 1. The first-order valence-corrected chi connectivity index (χ1v) is 33.4. The van der Waals surface area contributed by atoms with Crippen molar-refractivity contribution in [1.29, 1.82) is 0 Å². The van der Waals surface area contributed by atoms with Crippen LogP contribution < -0.4 is 5.32 Å². The third-order valence-electron chi connectivity index (χ3n) is 16.0. The van der Waals surface area contributed by atoms with E-state index in [0.717, 1.165) is 25.7 Å². The Morgan fingerprint density at radius 3 is 0.775 bits per heavy atom. The highest BCUT2D eigenvalue weighted by molar-refractivity contribution is 5.76. The minimum absolute atomic E-state index is 0.0224. The minimum Gasteiger partial charge on any atom is -0.394 e. The standard InChI is InChI=1S/C67H133NO3/c1-3-5-7-9-11-13-15-17-19-21-23-25-26-27-28-29-30-31-32-33-34-35-36-37-38-39-40-41-42-43-45-47-49-51-53-55-57-59-61-63-67(71)68-65(64-69)66(70)62-60-58-56-54-52-50-48-46-44-24-22-20-18-16-14-12-10-8-6-4-2/h33-34,65-66,69-70H,3-32,35-64H2,1-2H3,(H,68,71)/b34-33-. The second kappa shape index (κ2) is 63.4. The molecule has 0 aromatic rings. The second-order valence-electron chi connectivity index (χ2n) is 23.2. The summed E-state index contributed by atoms with van der Waals surface area (Å²) in [6.07, 6.45) is 84.0. The quantitative estimate of drug-likeness (QED) is 0.0420. The molecule has 4 heteroatoms. The highest BCUT2D eigenvalue weighted by Gasteiger charge is 2.20. The third kappa shape index (κ3) is 59.9. The van der Waals surface area contributed by atoms with Gasteiger partial charge in [-0.15, -0.1) is 0 Å². The normalized spacial score (nSPS) is 12.7. The number of allylic oxidation sites excluding steroid dienone is 2. The summed E-state index contributed by atoms with van der Waals surface area (Å²) < 4.78 is 0. The van der Waals surface area contributed by atoms with E-state index in [0.29, 0.717) is 12.8 Å². The van der Waals surface area contributed by atoms with Crippen molar-refractivity contribution >= 4 is 5.91 Å². The van der Waals surface area contributed by atoms with Gasteiger partial charge in [0.25, 0.3) is 0 Å². The molecular formula is C67H133NO3. The molecule has 424 valence electrons. The van der Waals surface area contributed by atoms with E-state index in [2.05, 4.69) is 31.3 Å². The van der Waals surface area contributed by atoms with Crippen LogP contribution in [-0.4, -0.2) is 34.9 Å². The fraction of sp³-hybridized carbons (Fsp3) is 0.955. The van der Waals surface area contributed by atoms with Crippen LogP contribution >= 0.6 is 0 Å². The Bertz CT molecular complexity index is 998. The van der Waals surface area contributed by atoms with Gasteiger partial charge in [0.15, 0.2) is 0 Å². The Morgan fingerprint density at radius 2 is 0.535 bits per heavy atom. The van der Waals surface area contributed by atoms with Crippen LogP contribution in [0, 0.1) is 0 Å². The lowest BCUT2D eigenvalue weighted by Crippen LogP contribution is -2.45. The van der Waals surface area contributed by atoms with Crippen molar-refractivity contribution < 1.29 is 15.0 Å². The summed E-state index contributed by atoms with van der Waals surface area (Å²) in [4.78, 5) is 12.5. The first-order valence-electron chi connectivity index (χ1n) is 33.4. The summed E-state index contributed by atoms with van der Waals surface area (Å²) in [5.74, 6) is -0.0224. The number of hydrogen-bond acceptors (Lipinski definition) is 3. The molecule has 0 heterocycles. The van der Waals surface area contributed by atoms with Crippen molar-refractivity contribution in [1.82, 2.24) is 5.32 Å². The molecule has 0 aliphatic heterocycles. The van der Waals surface area contributed by atoms with Crippen molar-refractivity contribution in [2.45, 2.75) is 405 Å². The average Bonchev–Trinajstić information content (AvgIpc) is 3.37. The van der Waals surface area contributed by atoms with E-state index in [1.807, 2.05) is 0 Å². The first kappa shape index (κ1) is 70.1. The predicted molar refractivity (Wildman–Crippen MR) is 318 cm³/mol. The number of nitrogens with one attached hydrogen (secondary N) is 1. The highest BCUT2D eigenvalue weighted by atomic mass is 16.3. The summed E-state index contributed by atoms with van der Waals surface area (Å²) in [7, 11) is 0. The number of aliphatic hydroxyl groups is 2. The summed E-state index contributed by atoms with van der Waals surface area (Å²) in [5, 5.41) is 23.4. The molecular weight excluding hydrogens is 867 g/mol. The summed E-state index contributed by atoms with van der Waals surface area (Å²) >= 11 is 0. The molecule has 0 radical (unpaired) electrons. The molecule has 0 saturated heterocycles. The Hall–Kier alpha value is -0.870. The molecule has 0 aromatic heterocycles. The lowest BCUT2D eigenvalue weighted by Gasteiger charge is -2.22. The highest BCUT2D eigenvalue weighted by Crippen LogP contribution is 2.19. The van der Waals surface area contributed by atoms with Gasteiger partial charge in [-0.2, -0.15) is 0 Å². The Kier molecular flexibility index (Phi) is 62.6. The molecule has 0 aliphatic carbocycles. The molecule has 0 fully saturated rings. The predicted octanol–water partition coefficient (Wildman–Crippen LogP) is 22.4. The van der Waals surface area contributed by atoms with Crippen LogP contribution in [0.3, 0.4) is 0 Å². The Morgan fingerprint density at radius 1 is 0.324 bits per heavy atom. The van der Waals surface area contributed by atoms with E-state index in [1.54, 1.807) is 0 Å². The molecule has 0 saturated carbocycles. The van der Waals surface area contributed by atoms with E-state index < -0.39 is 12.1 Å². The molecule has 0 spiro atoms. The van der Waals surface area contributed by atoms with Gasteiger partial charge in [0.05, 0.1) is 18.8 Å². The zero-order valence-electron chi connectivity index (χ0n) is 49.0. The molecule has 3 N–H and O–H groups in total. The minimum atomic E-state index is -0.657. The third-order valence-corrected chi connectivity index (χ3v) is 16.0. The molecule has 2 unspecified atom stereocenters. The van der Waals surface area contributed by atoms with Gasteiger partial charge >= 0.3 is 0 Å². The van der Waals surface area contributed by atoms with Gasteiger partial charge in [0, 0.05) is 6.42 Å². The number of unbranched alkanes of at least 4 members (excludes halogenated alkanes) is 54. The van der Waals surface area contributed by atoms with Gasteiger partial charge in [-0.3, -0.25) is 4.79 Å². The molecule has 0 rings (SSSR count). The van der Waals surface area contributed by atoms with Crippen molar-refractivity contribution in [2.24, 2.45) is 0 Å². The van der Waals surface area contributed by atoms with Crippen LogP contribution in [0.2, 0.25) is 0 Å². The number of aliphatic hydroxyl groups excluding tert-OH is 2. The van der Waals surface area contributed by atoms with E-state index in [9.17, 15) is 15.0 Å². The Balaban J connectivity index is 3.36. The number of rotatable bonds is 63. The Labute approximate surface area is 447 Å². The lowest BCUT2D eigenvalue weighted by atomic mass is 10.0. The zero-order valence-corrected chi connectivity index (χ0v) is 49.0. The zero-order chi connectivity index (χ0) is 51.3. The fourth-order valence-electron chi connectivity index (χ4n) is 11.0. The maximum Gasteiger partial charge on any atom is 0.220 e. The lowest BCUT2D eigenvalue weighted by molar-refractivity contribution is -0.123. The van der Waals surface area contributed by atoms with Gasteiger partial charge in [-0.1, -0.05) is 360 Å². The second-order valence-corrected chi connectivity index (χ2v) is 23.2. The van der Waals surface area contributed by atoms with E-state index >= 15 is 0 Å². The smallest absolute Gasteiger partial charge is 0.220 e. The van der Waals surface area contributed by atoms with Crippen LogP contribution in [0.25, 0.3) is 0 Å². The molecule has 1 amide bonds. The fourth-order valence-corrected chi connectivity index (χ4v) is 11.0. The van der Waals surface area contributed by atoms with Crippen molar-refractivity contribution in [3.63, 3.8) is 0 Å². The van der Waals surface area contributed by atoms with Gasteiger partial charge in [-0.25, -0.2) is 0 Å². The van der Waals surface area contributed by atoms with Crippen molar-refractivity contribution in [3.8, 4) is 0 Å². The maximum atomic E-state index is 12.5. The van der Waals surface area contributed by atoms with E-state index in [-0.39, 0.29) is 12.5 Å². The van der Waals surface area contributed by atoms with Gasteiger partial charge in [-0.05, 0) is 38.5 Å². The number of carbonyl (C=O) groups excluding carboxylic acids is 1. The van der Waals surface area contributed by atoms with Crippen LogP contribution in [0.1, 0.15) is 393 Å². The van der Waals surface area contributed by atoms with Crippen LogP contribution in [0.5, 0.6) is 0 Å². The molecule has 2 atom stereocenters. The van der Waals surface area contributed by atoms with Gasteiger partial charge in [0.1, 0.15) is 0 Å². The van der Waals surface area contributed by atoms with Crippen LogP contribution in [-0.2, 0) is 4.79 Å². The number of hydrogen-bond donors (Lipinski definition) is 3. The van der Waals surface area contributed by atoms with Crippen molar-refractivity contribution in [2.75, 3.05) is 6.61 Å². The van der Waals surface area contributed by atoms with Gasteiger partial charge in [0.2, 0.25) is 5.91 Å². The topological polar surface area (TPSA) is 69.6 Å². The molecule has 0 bridgehead atoms. The van der Waals surface area contributed by atoms with Gasteiger partial charge < -0.3 is 15.5 Å². The maximum absolute atomic E-state index is 12.5. The van der Waals surface area contributed by atoms with E-state index in [4.69, 9.17) is 0 Å². The number of carbonyl (C=O) groups is 1. The summed E-state index contributed by atoms with van der Waals surface area (Å²) in [5.41, 5.74) is 0.